The van der Waals surface area contributed by atoms with Crippen molar-refractivity contribution in [3.05, 3.63) is 77.2 Å². The fourth-order valence-electron chi connectivity index (χ4n) is 3.24. The predicted octanol–water partition coefficient (Wildman–Crippen LogP) is 6.19. The third-order valence-corrected chi connectivity index (χ3v) is 4.88. The summed E-state index contributed by atoms with van der Waals surface area (Å²) in [6.45, 7) is 11.0. The van der Waals surface area contributed by atoms with Crippen LogP contribution in [0, 0.1) is 5.82 Å². The molecule has 0 aliphatic rings. The molecule has 3 rings (SSSR count). The molecule has 0 unspecified atom stereocenters. The molecule has 0 amide bonds. The van der Waals surface area contributed by atoms with E-state index in [-0.39, 0.29) is 16.6 Å². The van der Waals surface area contributed by atoms with E-state index < -0.39 is 0 Å². The van der Waals surface area contributed by atoms with Gasteiger partial charge in [-0.1, -0.05) is 58.9 Å². The van der Waals surface area contributed by atoms with Crippen molar-refractivity contribution >= 4 is 10.9 Å². The van der Waals surface area contributed by atoms with Crippen molar-refractivity contribution in [3.63, 3.8) is 0 Å². The zero-order valence-corrected chi connectivity index (χ0v) is 15.7. The van der Waals surface area contributed by atoms with Gasteiger partial charge < -0.3 is 0 Å². The highest BCUT2D eigenvalue weighted by Gasteiger charge is 2.22. The normalized spacial score (nSPS) is 12.6. The van der Waals surface area contributed by atoms with Gasteiger partial charge in [0.05, 0.1) is 5.52 Å². The van der Waals surface area contributed by atoms with Crippen LogP contribution >= 0.6 is 0 Å². The minimum atomic E-state index is -0.193. The molecule has 25 heavy (non-hydrogen) atoms. The number of rotatable bonds is 3. The first-order valence-electron chi connectivity index (χ1n) is 8.80. The molecule has 0 saturated heterocycles. The zero-order valence-electron chi connectivity index (χ0n) is 15.7. The molecular formula is C23H26FN. The highest BCUT2D eigenvalue weighted by atomic mass is 19.1. The van der Waals surface area contributed by atoms with Gasteiger partial charge >= 0.3 is 0 Å². The molecule has 1 heterocycles. The van der Waals surface area contributed by atoms with Crippen LogP contribution in [-0.2, 0) is 17.3 Å². The first kappa shape index (κ1) is 17.6. The number of nitrogens with zero attached hydrogens (tertiary/aromatic N) is 1. The molecular weight excluding hydrogens is 309 g/mol. The SMILES string of the molecule is CC(C)(C)c1ccc2cc(CC(C)(C)c3ccc(F)cc3)cnc2c1. The lowest BCUT2D eigenvalue weighted by Crippen LogP contribution is -2.20. The third-order valence-electron chi connectivity index (χ3n) is 4.88. The highest BCUT2D eigenvalue weighted by molar-refractivity contribution is 5.80. The Balaban J connectivity index is 1.90. The van der Waals surface area contributed by atoms with Crippen LogP contribution in [0.2, 0.25) is 0 Å². The maximum atomic E-state index is 13.2. The topological polar surface area (TPSA) is 12.9 Å². The molecule has 0 spiro atoms. The molecule has 0 bridgehead atoms. The summed E-state index contributed by atoms with van der Waals surface area (Å²) in [5, 5.41) is 1.17. The second-order valence-electron chi connectivity index (χ2n) is 8.57. The molecule has 1 nitrogen and oxygen atoms in total. The smallest absolute Gasteiger partial charge is 0.123 e. The van der Waals surface area contributed by atoms with E-state index in [0.29, 0.717) is 0 Å². The Morgan fingerprint density at radius 3 is 2.12 bits per heavy atom. The van der Waals surface area contributed by atoms with Crippen molar-refractivity contribution in [1.82, 2.24) is 4.98 Å². The fraction of sp³-hybridized carbons (Fsp3) is 0.348. The molecule has 0 aliphatic heterocycles. The average Bonchev–Trinajstić information content (AvgIpc) is 2.53. The molecule has 2 heteroatoms. The Kier molecular flexibility index (Phi) is 4.40. The maximum Gasteiger partial charge on any atom is 0.123 e. The monoisotopic (exact) mass is 335 g/mol. The van der Waals surface area contributed by atoms with Crippen molar-refractivity contribution in [2.75, 3.05) is 0 Å². The van der Waals surface area contributed by atoms with E-state index in [1.807, 2.05) is 18.3 Å². The van der Waals surface area contributed by atoms with Crippen LogP contribution in [0.4, 0.5) is 4.39 Å². The molecule has 1 aromatic heterocycles. The van der Waals surface area contributed by atoms with Crippen LogP contribution in [0.3, 0.4) is 0 Å². The van der Waals surface area contributed by atoms with Crippen molar-refractivity contribution in [3.8, 4) is 0 Å². The van der Waals surface area contributed by atoms with Gasteiger partial charge in [0.15, 0.2) is 0 Å². The minimum Gasteiger partial charge on any atom is -0.256 e. The van der Waals surface area contributed by atoms with Crippen molar-refractivity contribution in [1.29, 1.82) is 0 Å². The number of hydrogen-bond acceptors (Lipinski definition) is 1. The number of pyridine rings is 1. The van der Waals surface area contributed by atoms with E-state index in [4.69, 9.17) is 0 Å². The maximum absolute atomic E-state index is 13.2. The van der Waals surface area contributed by atoms with Gasteiger partial charge in [0.1, 0.15) is 5.82 Å². The number of fused-ring (bicyclic) bond motifs is 1. The summed E-state index contributed by atoms with van der Waals surface area (Å²) in [5.74, 6) is -0.193. The van der Waals surface area contributed by atoms with Gasteiger partial charge in [-0.05, 0) is 58.2 Å². The summed E-state index contributed by atoms with van der Waals surface area (Å²) in [6, 6.07) is 15.6. The van der Waals surface area contributed by atoms with Crippen LogP contribution < -0.4 is 0 Å². The first-order chi connectivity index (χ1) is 11.6. The Labute approximate surface area is 149 Å². The minimum absolute atomic E-state index is 0.0750. The van der Waals surface area contributed by atoms with E-state index in [9.17, 15) is 4.39 Å². The van der Waals surface area contributed by atoms with Crippen LogP contribution in [0.25, 0.3) is 10.9 Å². The Bertz CT molecular complexity index is 886. The van der Waals surface area contributed by atoms with Gasteiger partial charge in [-0.3, -0.25) is 4.98 Å². The molecule has 0 saturated carbocycles. The Hall–Kier alpha value is -2.22. The summed E-state index contributed by atoms with van der Waals surface area (Å²) in [5.41, 5.74) is 4.72. The summed E-state index contributed by atoms with van der Waals surface area (Å²) in [7, 11) is 0. The summed E-state index contributed by atoms with van der Waals surface area (Å²) in [6.07, 6.45) is 2.84. The molecule has 0 radical (unpaired) electrons. The van der Waals surface area contributed by atoms with Gasteiger partial charge in [0, 0.05) is 11.6 Å². The number of aromatic nitrogens is 1. The lowest BCUT2D eigenvalue weighted by Gasteiger charge is -2.25. The fourth-order valence-corrected chi connectivity index (χ4v) is 3.24. The summed E-state index contributed by atoms with van der Waals surface area (Å²) >= 11 is 0. The van der Waals surface area contributed by atoms with E-state index >= 15 is 0 Å². The van der Waals surface area contributed by atoms with Crippen LogP contribution in [0.15, 0.2) is 54.7 Å². The van der Waals surface area contributed by atoms with E-state index in [0.717, 1.165) is 17.5 Å². The van der Waals surface area contributed by atoms with Gasteiger partial charge in [-0.15, -0.1) is 0 Å². The number of halogens is 1. The molecule has 0 N–H and O–H groups in total. The molecule has 0 fully saturated rings. The van der Waals surface area contributed by atoms with E-state index in [1.165, 1.54) is 28.6 Å². The number of benzene rings is 2. The van der Waals surface area contributed by atoms with Gasteiger partial charge in [-0.25, -0.2) is 4.39 Å². The lowest BCUT2D eigenvalue weighted by atomic mass is 9.79. The van der Waals surface area contributed by atoms with Crippen molar-refractivity contribution < 1.29 is 4.39 Å². The molecule has 3 aromatic rings. The van der Waals surface area contributed by atoms with Crippen molar-refractivity contribution in [2.24, 2.45) is 0 Å². The molecule has 0 atom stereocenters. The van der Waals surface area contributed by atoms with Gasteiger partial charge in [0.25, 0.3) is 0 Å². The zero-order chi connectivity index (χ0) is 18.2. The summed E-state index contributed by atoms with van der Waals surface area (Å²) in [4.78, 5) is 4.69. The van der Waals surface area contributed by atoms with E-state index in [2.05, 4.69) is 63.9 Å². The largest absolute Gasteiger partial charge is 0.256 e. The number of hydrogen-bond donors (Lipinski definition) is 0. The average molecular weight is 335 g/mol. The van der Waals surface area contributed by atoms with Crippen LogP contribution in [0.1, 0.15) is 51.3 Å². The highest BCUT2D eigenvalue weighted by Crippen LogP contribution is 2.30. The van der Waals surface area contributed by atoms with Gasteiger partial charge in [0.2, 0.25) is 0 Å². The predicted molar refractivity (Wildman–Crippen MR) is 104 cm³/mol. The quantitative estimate of drug-likeness (QED) is 0.556. The molecule has 130 valence electrons. The first-order valence-corrected chi connectivity index (χ1v) is 8.80. The van der Waals surface area contributed by atoms with Crippen LogP contribution in [0.5, 0.6) is 0 Å². The van der Waals surface area contributed by atoms with Crippen molar-refractivity contribution in [2.45, 2.75) is 51.9 Å². The Morgan fingerprint density at radius 1 is 0.840 bits per heavy atom. The molecule has 2 aromatic carbocycles. The second-order valence-corrected chi connectivity index (χ2v) is 8.57. The molecule has 0 aliphatic carbocycles. The van der Waals surface area contributed by atoms with Gasteiger partial charge in [-0.2, -0.15) is 0 Å². The van der Waals surface area contributed by atoms with Crippen LogP contribution in [-0.4, -0.2) is 4.98 Å². The lowest BCUT2D eigenvalue weighted by molar-refractivity contribution is 0.519. The Morgan fingerprint density at radius 2 is 1.48 bits per heavy atom. The standard InChI is InChI=1S/C23H26FN/c1-22(2,3)19-7-6-17-12-16(15-25-21(17)13-19)14-23(4,5)18-8-10-20(24)11-9-18/h6-13,15H,14H2,1-5H3. The third kappa shape index (κ3) is 3.89. The van der Waals surface area contributed by atoms with E-state index in [1.54, 1.807) is 0 Å². The summed E-state index contributed by atoms with van der Waals surface area (Å²) < 4.78 is 13.2. The second kappa shape index (κ2) is 6.25.